The number of benzene rings is 1. The van der Waals surface area contributed by atoms with Gasteiger partial charge in [0.05, 0.1) is 17.7 Å². The molecule has 2 N–H and O–H groups in total. The predicted molar refractivity (Wildman–Crippen MR) is 157 cm³/mol. The van der Waals surface area contributed by atoms with Crippen LogP contribution in [0.15, 0.2) is 18.2 Å². The molecule has 0 aliphatic carbocycles. The number of aliphatic carboxylic acids is 1. The maximum Gasteiger partial charge on any atom is 0.416 e. The topological polar surface area (TPSA) is 97.7 Å². The predicted octanol–water partition coefficient (Wildman–Crippen LogP) is 5.92. The standard InChI is InChI=1S/C29H34F5N7O2S/c1-16-4-5-17(2)41(16)15-22-25(19-12-20(29(32,33)34)14-21(30)13-19)37-28(44-22)38-26-24(31)27(36-18(3)35-26)40-10-8-39(9-11-40)7-6-23(42)43/h12-14,16-17H,4-11,15H2,1-3H3,(H,42,43)(H,35,36,37,38)/t16-,17-/m1/s1. The van der Waals surface area contributed by atoms with Crippen LogP contribution >= 0.6 is 11.3 Å². The van der Waals surface area contributed by atoms with E-state index in [1.807, 2.05) is 4.90 Å². The first-order valence-corrected chi connectivity index (χ1v) is 15.2. The van der Waals surface area contributed by atoms with E-state index in [0.29, 0.717) is 56.0 Å². The fourth-order valence-corrected chi connectivity index (χ4v) is 6.72. The van der Waals surface area contributed by atoms with Crippen molar-refractivity contribution >= 4 is 34.1 Å². The molecular formula is C29H34F5N7O2S. The lowest BCUT2D eigenvalue weighted by Crippen LogP contribution is -2.47. The van der Waals surface area contributed by atoms with Gasteiger partial charge in [-0.1, -0.05) is 11.3 Å². The van der Waals surface area contributed by atoms with Gasteiger partial charge in [0.1, 0.15) is 11.6 Å². The molecule has 2 aliphatic heterocycles. The van der Waals surface area contributed by atoms with Gasteiger partial charge in [0.2, 0.25) is 5.82 Å². The maximum atomic E-state index is 15.8. The van der Waals surface area contributed by atoms with Crippen LogP contribution in [0.25, 0.3) is 11.3 Å². The van der Waals surface area contributed by atoms with Gasteiger partial charge in [0.15, 0.2) is 16.8 Å². The summed E-state index contributed by atoms with van der Waals surface area (Å²) < 4.78 is 71.0. The molecule has 3 aromatic rings. The number of aromatic nitrogens is 3. The number of alkyl halides is 3. The molecule has 9 nitrogen and oxygen atoms in total. The first kappa shape index (κ1) is 32.0. The molecule has 2 atom stereocenters. The first-order valence-electron chi connectivity index (χ1n) is 14.4. The molecule has 44 heavy (non-hydrogen) atoms. The van der Waals surface area contributed by atoms with Gasteiger partial charge in [0, 0.05) is 61.8 Å². The second-order valence-corrected chi connectivity index (χ2v) is 12.4. The van der Waals surface area contributed by atoms with Crippen LogP contribution < -0.4 is 10.2 Å². The van der Waals surface area contributed by atoms with E-state index in [4.69, 9.17) is 5.11 Å². The van der Waals surface area contributed by atoms with E-state index in [0.717, 1.165) is 36.3 Å². The third-order valence-corrected chi connectivity index (χ3v) is 9.10. The van der Waals surface area contributed by atoms with Crippen LogP contribution in [0.1, 0.15) is 49.4 Å². The molecular weight excluding hydrogens is 605 g/mol. The third-order valence-electron chi connectivity index (χ3n) is 8.14. The number of carbonyl (C=O) groups is 1. The molecule has 0 amide bonds. The highest BCUT2D eigenvalue weighted by atomic mass is 32.1. The summed E-state index contributed by atoms with van der Waals surface area (Å²) in [4.78, 5) is 30.6. The van der Waals surface area contributed by atoms with Gasteiger partial charge in [-0.25, -0.2) is 19.3 Å². The Balaban J connectivity index is 1.45. The Bertz CT molecular complexity index is 1500. The van der Waals surface area contributed by atoms with E-state index < -0.39 is 29.3 Å². The first-order chi connectivity index (χ1) is 20.8. The number of aryl methyl sites for hydroxylation is 1. The summed E-state index contributed by atoms with van der Waals surface area (Å²) in [6, 6.07) is 2.84. The highest BCUT2D eigenvalue weighted by Gasteiger charge is 2.33. The highest BCUT2D eigenvalue weighted by Crippen LogP contribution is 2.39. The Kier molecular flexibility index (Phi) is 9.37. The molecule has 2 saturated heterocycles. The molecule has 0 unspecified atom stereocenters. The molecule has 2 fully saturated rings. The number of carboxylic acid groups (broad SMARTS) is 1. The van der Waals surface area contributed by atoms with E-state index in [9.17, 15) is 22.4 Å². The van der Waals surface area contributed by atoms with Crippen LogP contribution in [0.2, 0.25) is 0 Å². The lowest BCUT2D eigenvalue weighted by atomic mass is 10.1. The van der Waals surface area contributed by atoms with Crippen molar-refractivity contribution in [1.82, 2.24) is 24.8 Å². The largest absolute Gasteiger partial charge is 0.481 e. The summed E-state index contributed by atoms with van der Waals surface area (Å²) in [6.07, 6.45) is -2.78. The normalized spacial score (nSPS) is 20.0. The second kappa shape index (κ2) is 12.9. The van der Waals surface area contributed by atoms with Gasteiger partial charge in [-0.15, -0.1) is 0 Å². The average molecular weight is 640 g/mol. The number of hydrogen-bond donors (Lipinski definition) is 2. The van der Waals surface area contributed by atoms with Gasteiger partial charge < -0.3 is 15.3 Å². The smallest absolute Gasteiger partial charge is 0.416 e. The number of thiazole rings is 1. The minimum absolute atomic E-state index is 0.0167. The number of anilines is 3. The zero-order valence-electron chi connectivity index (χ0n) is 24.6. The second-order valence-electron chi connectivity index (χ2n) is 11.3. The minimum Gasteiger partial charge on any atom is -0.481 e. The minimum atomic E-state index is -4.74. The zero-order valence-corrected chi connectivity index (χ0v) is 25.4. The Morgan fingerprint density at radius 1 is 1.05 bits per heavy atom. The fraction of sp³-hybridized carbons (Fsp3) is 0.517. The zero-order chi connectivity index (χ0) is 31.8. The molecule has 0 saturated carbocycles. The Morgan fingerprint density at radius 2 is 1.73 bits per heavy atom. The van der Waals surface area contributed by atoms with Crippen LogP contribution in [0.4, 0.5) is 38.7 Å². The summed E-state index contributed by atoms with van der Waals surface area (Å²) >= 11 is 1.16. The Hall–Kier alpha value is -3.43. The molecule has 2 aliphatic rings. The van der Waals surface area contributed by atoms with E-state index >= 15 is 4.39 Å². The lowest BCUT2D eigenvalue weighted by molar-refractivity contribution is -0.138. The molecule has 0 spiro atoms. The summed E-state index contributed by atoms with van der Waals surface area (Å²) in [5, 5.41) is 12.1. The molecule has 15 heteroatoms. The lowest BCUT2D eigenvalue weighted by Gasteiger charge is -2.35. The van der Waals surface area contributed by atoms with Crippen molar-refractivity contribution in [3.05, 3.63) is 46.1 Å². The fourth-order valence-electron chi connectivity index (χ4n) is 5.73. The number of piperazine rings is 1. The number of halogens is 5. The van der Waals surface area contributed by atoms with Crippen molar-refractivity contribution in [3.63, 3.8) is 0 Å². The van der Waals surface area contributed by atoms with Crippen molar-refractivity contribution in [2.45, 2.75) is 64.8 Å². The molecule has 238 valence electrons. The number of rotatable bonds is 9. The number of carboxylic acids is 1. The molecule has 4 heterocycles. The quantitative estimate of drug-likeness (QED) is 0.277. The van der Waals surface area contributed by atoms with E-state index in [2.05, 4.69) is 39.0 Å². The summed E-state index contributed by atoms with van der Waals surface area (Å²) in [5.41, 5.74) is -0.941. The van der Waals surface area contributed by atoms with Gasteiger partial charge >= 0.3 is 12.1 Å². The van der Waals surface area contributed by atoms with Crippen LogP contribution in [-0.2, 0) is 17.5 Å². The Morgan fingerprint density at radius 3 is 2.36 bits per heavy atom. The van der Waals surface area contributed by atoms with Crippen LogP contribution in [-0.4, -0.2) is 80.6 Å². The summed E-state index contributed by atoms with van der Waals surface area (Å²) in [5.74, 6) is -2.36. The van der Waals surface area contributed by atoms with Crippen molar-refractivity contribution in [2.24, 2.45) is 0 Å². The maximum absolute atomic E-state index is 15.8. The van der Waals surface area contributed by atoms with Gasteiger partial charge in [0.25, 0.3) is 0 Å². The van der Waals surface area contributed by atoms with E-state index in [1.165, 1.54) is 0 Å². The number of nitrogens with zero attached hydrogens (tertiary/aromatic N) is 6. The van der Waals surface area contributed by atoms with E-state index in [-0.39, 0.29) is 46.5 Å². The highest BCUT2D eigenvalue weighted by molar-refractivity contribution is 7.16. The van der Waals surface area contributed by atoms with Gasteiger partial charge in [-0.2, -0.15) is 17.6 Å². The number of hydrogen-bond acceptors (Lipinski definition) is 9. The summed E-state index contributed by atoms with van der Waals surface area (Å²) in [6.45, 7) is 8.53. The molecule has 1 aromatic carbocycles. The van der Waals surface area contributed by atoms with Crippen LogP contribution in [0.5, 0.6) is 0 Å². The monoisotopic (exact) mass is 639 g/mol. The molecule has 2 aromatic heterocycles. The molecule has 0 bridgehead atoms. The summed E-state index contributed by atoms with van der Waals surface area (Å²) in [7, 11) is 0. The number of likely N-dealkylation sites (tertiary alicyclic amines) is 1. The molecule has 0 radical (unpaired) electrons. The van der Waals surface area contributed by atoms with Gasteiger partial charge in [-0.3, -0.25) is 14.6 Å². The van der Waals surface area contributed by atoms with E-state index in [1.54, 1.807) is 11.8 Å². The SMILES string of the molecule is Cc1nc(Nc2nc(-c3cc(F)cc(C(F)(F)F)c3)c(CN3[C@H](C)CC[C@H]3C)s2)c(F)c(N2CCN(CCC(=O)O)CC2)n1. The number of nitrogens with one attached hydrogen (secondary N) is 1. The van der Waals surface area contributed by atoms with Crippen molar-refractivity contribution in [3.8, 4) is 11.3 Å². The molecule has 5 rings (SSSR count). The van der Waals surface area contributed by atoms with Crippen molar-refractivity contribution in [2.75, 3.05) is 42.9 Å². The van der Waals surface area contributed by atoms with Crippen LogP contribution in [0.3, 0.4) is 0 Å². The van der Waals surface area contributed by atoms with Crippen LogP contribution in [0, 0.1) is 18.6 Å². The van der Waals surface area contributed by atoms with Crippen molar-refractivity contribution in [1.29, 1.82) is 0 Å². The average Bonchev–Trinajstić information content (AvgIpc) is 3.51. The van der Waals surface area contributed by atoms with Gasteiger partial charge in [-0.05, 0) is 51.8 Å². The third kappa shape index (κ3) is 7.26. The Labute approximate surface area is 255 Å². The van der Waals surface area contributed by atoms with Crippen molar-refractivity contribution < 1.29 is 31.9 Å².